The molecule has 0 aromatic heterocycles. The molecule has 0 fully saturated rings. The number of amides is 1. The fraction of sp³-hybridized carbons (Fsp3) is 0.227. The summed E-state index contributed by atoms with van der Waals surface area (Å²) in [5.41, 5.74) is 1.28. The zero-order chi connectivity index (χ0) is 19.9. The van der Waals surface area contributed by atoms with Gasteiger partial charge in [0.25, 0.3) is 0 Å². The number of phenolic OH excluding ortho intramolecular Hbond substituents is 1. The topological polar surface area (TPSA) is 88.0 Å². The van der Waals surface area contributed by atoms with Crippen LogP contribution in [-0.2, 0) is 4.74 Å². The molecule has 0 heterocycles. The van der Waals surface area contributed by atoms with Gasteiger partial charge in [-0.1, -0.05) is 42.5 Å². The molecule has 1 atom stereocenters. The second-order valence-corrected chi connectivity index (χ2v) is 6.34. The predicted molar refractivity (Wildman–Crippen MR) is 108 cm³/mol. The van der Waals surface area contributed by atoms with E-state index in [0.717, 1.165) is 10.8 Å². The Labute approximate surface area is 163 Å². The highest BCUT2D eigenvalue weighted by Gasteiger charge is 2.19. The van der Waals surface area contributed by atoms with Gasteiger partial charge in [-0.15, -0.1) is 0 Å². The fourth-order valence-corrected chi connectivity index (χ4v) is 3.08. The number of carbonyl (C=O) groups excluding carboxylic acids is 1. The van der Waals surface area contributed by atoms with E-state index in [0.29, 0.717) is 29.8 Å². The van der Waals surface area contributed by atoms with E-state index >= 15 is 0 Å². The lowest BCUT2D eigenvalue weighted by Crippen LogP contribution is -2.18. The van der Waals surface area contributed by atoms with Gasteiger partial charge in [0.1, 0.15) is 6.10 Å². The molecule has 0 bridgehead atoms. The maximum atomic E-state index is 12.5. The third kappa shape index (κ3) is 4.53. The van der Waals surface area contributed by atoms with E-state index in [-0.39, 0.29) is 12.4 Å². The first-order valence-electron chi connectivity index (χ1n) is 9.05. The second kappa shape index (κ2) is 9.10. The van der Waals surface area contributed by atoms with Gasteiger partial charge < -0.3 is 19.7 Å². The summed E-state index contributed by atoms with van der Waals surface area (Å²) in [5, 5.41) is 23.9. The van der Waals surface area contributed by atoms with Crippen molar-refractivity contribution < 1.29 is 24.5 Å². The van der Waals surface area contributed by atoms with Crippen molar-refractivity contribution in [1.82, 2.24) is 0 Å². The number of carbonyl (C=O) groups is 1. The lowest BCUT2D eigenvalue weighted by atomic mass is 10.0. The molecular weight excluding hydrogens is 358 g/mol. The van der Waals surface area contributed by atoms with Crippen molar-refractivity contribution in [2.45, 2.75) is 18.9 Å². The summed E-state index contributed by atoms with van der Waals surface area (Å²) in [4.78, 5) is 12.5. The molecule has 0 radical (unpaired) electrons. The van der Waals surface area contributed by atoms with Gasteiger partial charge in [0.15, 0.2) is 11.5 Å². The van der Waals surface area contributed by atoms with Crippen molar-refractivity contribution in [3.63, 3.8) is 0 Å². The lowest BCUT2D eigenvalue weighted by Gasteiger charge is -2.19. The van der Waals surface area contributed by atoms with Crippen molar-refractivity contribution >= 4 is 22.6 Å². The van der Waals surface area contributed by atoms with E-state index in [1.165, 1.54) is 13.2 Å². The Morgan fingerprint density at radius 3 is 2.64 bits per heavy atom. The molecule has 0 saturated heterocycles. The summed E-state index contributed by atoms with van der Waals surface area (Å²) >= 11 is 0. The number of fused-ring (bicyclic) bond motifs is 1. The zero-order valence-corrected chi connectivity index (χ0v) is 15.6. The van der Waals surface area contributed by atoms with E-state index in [4.69, 9.17) is 14.6 Å². The zero-order valence-electron chi connectivity index (χ0n) is 15.6. The number of aromatic hydroxyl groups is 1. The highest BCUT2D eigenvalue weighted by molar-refractivity contribution is 6.00. The Balaban J connectivity index is 1.78. The average Bonchev–Trinajstić information content (AvgIpc) is 2.71. The highest BCUT2D eigenvalue weighted by Crippen LogP contribution is 2.32. The SMILES string of the molecule is COc1ccc([C@H](CCCO)OC(=O)Nc2cccc3ccccc23)cc1O. The van der Waals surface area contributed by atoms with Crippen molar-refractivity contribution in [2.75, 3.05) is 19.0 Å². The maximum absolute atomic E-state index is 12.5. The van der Waals surface area contributed by atoms with Crippen LogP contribution in [0.2, 0.25) is 0 Å². The molecule has 0 unspecified atom stereocenters. The van der Waals surface area contributed by atoms with E-state index in [1.54, 1.807) is 12.1 Å². The molecule has 3 rings (SSSR count). The number of methoxy groups -OCH3 is 1. The van der Waals surface area contributed by atoms with E-state index in [2.05, 4.69) is 5.32 Å². The van der Waals surface area contributed by atoms with Crippen LogP contribution in [0, 0.1) is 0 Å². The number of ether oxygens (including phenoxy) is 2. The van der Waals surface area contributed by atoms with Gasteiger partial charge in [-0.3, -0.25) is 5.32 Å². The van der Waals surface area contributed by atoms with Crippen LogP contribution in [0.3, 0.4) is 0 Å². The molecule has 0 saturated carbocycles. The molecule has 28 heavy (non-hydrogen) atoms. The number of anilines is 1. The van der Waals surface area contributed by atoms with Crippen molar-refractivity contribution in [3.8, 4) is 11.5 Å². The summed E-state index contributed by atoms with van der Waals surface area (Å²) < 4.78 is 10.7. The molecule has 6 heteroatoms. The van der Waals surface area contributed by atoms with Crippen LogP contribution in [0.1, 0.15) is 24.5 Å². The summed E-state index contributed by atoms with van der Waals surface area (Å²) in [7, 11) is 1.46. The van der Waals surface area contributed by atoms with Crippen LogP contribution in [0.4, 0.5) is 10.5 Å². The Hall–Kier alpha value is -3.25. The molecule has 3 aromatic rings. The van der Waals surface area contributed by atoms with Gasteiger partial charge in [0, 0.05) is 12.0 Å². The van der Waals surface area contributed by atoms with Crippen LogP contribution in [0.5, 0.6) is 11.5 Å². The number of nitrogens with one attached hydrogen (secondary N) is 1. The second-order valence-electron chi connectivity index (χ2n) is 6.34. The molecule has 0 aliphatic heterocycles. The van der Waals surface area contributed by atoms with Gasteiger partial charge in [0.05, 0.1) is 12.8 Å². The van der Waals surface area contributed by atoms with Crippen molar-refractivity contribution in [1.29, 1.82) is 0 Å². The molecule has 146 valence electrons. The molecule has 0 aliphatic rings. The van der Waals surface area contributed by atoms with Crippen LogP contribution >= 0.6 is 0 Å². The third-order valence-electron chi connectivity index (χ3n) is 4.47. The van der Waals surface area contributed by atoms with E-state index in [9.17, 15) is 9.90 Å². The minimum atomic E-state index is -0.612. The monoisotopic (exact) mass is 381 g/mol. The first-order valence-corrected chi connectivity index (χ1v) is 9.05. The summed E-state index contributed by atoms with van der Waals surface area (Å²) in [6.07, 6.45) is -0.335. The van der Waals surface area contributed by atoms with Crippen LogP contribution < -0.4 is 10.1 Å². The third-order valence-corrected chi connectivity index (χ3v) is 4.47. The Kier molecular flexibility index (Phi) is 6.34. The predicted octanol–water partition coefficient (Wildman–Crippen LogP) is 4.62. The lowest BCUT2D eigenvalue weighted by molar-refractivity contribution is 0.0993. The number of aliphatic hydroxyl groups is 1. The van der Waals surface area contributed by atoms with Gasteiger partial charge in [0.2, 0.25) is 0 Å². The van der Waals surface area contributed by atoms with Crippen molar-refractivity contribution in [3.05, 3.63) is 66.2 Å². The smallest absolute Gasteiger partial charge is 0.412 e. The number of phenols is 1. The van der Waals surface area contributed by atoms with Gasteiger partial charge in [-0.2, -0.15) is 0 Å². The average molecular weight is 381 g/mol. The number of aliphatic hydroxyl groups excluding tert-OH is 1. The minimum absolute atomic E-state index is 0.0209. The first kappa shape index (κ1) is 19.5. The van der Waals surface area contributed by atoms with E-state index < -0.39 is 12.2 Å². The maximum Gasteiger partial charge on any atom is 0.412 e. The summed E-state index contributed by atoms with van der Waals surface area (Å²) in [6.45, 7) is -0.0209. The number of rotatable bonds is 7. The largest absolute Gasteiger partial charge is 0.504 e. The Morgan fingerprint density at radius 1 is 1.11 bits per heavy atom. The number of benzene rings is 3. The fourth-order valence-electron chi connectivity index (χ4n) is 3.08. The van der Waals surface area contributed by atoms with Gasteiger partial charge in [-0.05, 0) is 42.0 Å². The Bertz CT molecular complexity index is 951. The molecule has 3 aromatic carbocycles. The first-order chi connectivity index (χ1) is 13.6. The van der Waals surface area contributed by atoms with Crippen LogP contribution in [0.15, 0.2) is 60.7 Å². The molecule has 6 nitrogen and oxygen atoms in total. The molecule has 1 amide bonds. The van der Waals surface area contributed by atoms with Gasteiger partial charge in [-0.25, -0.2) is 4.79 Å². The Morgan fingerprint density at radius 2 is 1.89 bits per heavy atom. The highest BCUT2D eigenvalue weighted by atomic mass is 16.6. The number of hydrogen-bond donors (Lipinski definition) is 3. The normalized spacial score (nSPS) is 11.8. The van der Waals surface area contributed by atoms with Crippen LogP contribution in [0.25, 0.3) is 10.8 Å². The standard InChI is InChI=1S/C22H23NO5/c1-27-21-12-11-16(14-19(21)25)20(10-5-13-24)28-22(26)23-18-9-4-7-15-6-2-3-8-17(15)18/h2-4,6-9,11-12,14,20,24-25H,5,10,13H2,1H3,(H,23,26)/t20-/m0/s1. The van der Waals surface area contributed by atoms with Crippen LogP contribution in [-0.4, -0.2) is 30.0 Å². The van der Waals surface area contributed by atoms with Gasteiger partial charge >= 0.3 is 6.09 Å². The summed E-state index contributed by atoms with van der Waals surface area (Å²) in [6, 6.07) is 18.2. The minimum Gasteiger partial charge on any atom is -0.504 e. The quantitative estimate of drug-likeness (QED) is 0.556. The van der Waals surface area contributed by atoms with Crippen molar-refractivity contribution in [2.24, 2.45) is 0 Å². The molecule has 0 aliphatic carbocycles. The molecule has 0 spiro atoms. The summed E-state index contributed by atoms with van der Waals surface area (Å²) in [5.74, 6) is 0.303. The number of hydrogen-bond acceptors (Lipinski definition) is 5. The molecule has 3 N–H and O–H groups in total. The molecular formula is C22H23NO5. The van der Waals surface area contributed by atoms with E-state index in [1.807, 2.05) is 42.5 Å².